The molecule has 1 saturated carbocycles. The molecule has 0 spiro atoms. The number of alkyl halides is 3. The van der Waals surface area contributed by atoms with Crippen LogP contribution in [-0.4, -0.2) is 38.6 Å². The number of benzene rings is 1. The molecule has 7 nitrogen and oxygen atoms in total. The van der Waals surface area contributed by atoms with Gasteiger partial charge < -0.3 is 10.4 Å². The van der Waals surface area contributed by atoms with Gasteiger partial charge in [-0.3, -0.25) is 19.1 Å². The first kappa shape index (κ1) is 23.5. The first-order valence-electron chi connectivity index (χ1n) is 10.3. The van der Waals surface area contributed by atoms with Gasteiger partial charge >= 0.3 is 12.1 Å². The second kappa shape index (κ2) is 9.54. The van der Waals surface area contributed by atoms with Gasteiger partial charge in [0.1, 0.15) is 5.78 Å². The van der Waals surface area contributed by atoms with Crippen LogP contribution in [0, 0.1) is 0 Å². The van der Waals surface area contributed by atoms with Crippen LogP contribution >= 0.6 is 0 Å². The Kier molecular flexibility index (Phi) is 7.00. The number of carboxylic acids is 1. The topological polar surface area (TPSA) is 101 Å². The minimum atomic E-state index is -4.59. The molecule has 2 N–H and O–H groups in total. The highest BCUT2D eigenvalue weighted by Gasteiger charge is 2.35. The van der Waals surface area contributed by atoms with Gasteiger partial charge in [0.25, 0.3) is 5.91 Å². The molecule has 1 amide bonds. The molecule has 1 heterocycles. The Hall–Kier alpha value is -3.17. The van der Waals surface area contributed by atoms with Crippen molar-refractivity contribution in [2.24, 2.45) is 0 Å². The molecule has 3 rings (SSSR count). The first-order chi connectivity index (χ1) is 15.1. The van der Waals surface area contributed by atoms with E-state index in [0.717, 1.165) is 31.7 Å². The molecule has 172 valence electrons. The number of halogens is 3. The maximum Gasteiger partial charge on any atom is 0.417 e. The van der Waals surface area contributed by atoms with E-state index in [4.69, 9.17) is 5.11 Å². The fourth-order valence-corrected chi connectivity index (χ4v) is 4.08. The standard InChI is InChI=1S/C22H24F3N3O4/c1-13(29)10-14(11-20(30)31)26-21(32)18-12-19(28(27-18)15-6-2-3-7-15)16-8-4-5-9-17(16)22(23,24)25/h4-5,8-9,12,14-15H,2-3,6-7,10-11H2,1H3,(H,26,32)(H,30,31). The van der Waals surface area contributed by atoms with Crippen molar-refractivity contribution in [3.8, 4) is 11.3 Å². The van der Waals surface area contributed by atoms with E-state index in [1.54, 1.807) is 0 Å². The number of ketones is 1. The Morgan fingerprint density at radius 1 is 1.19 bits per heavy atom. The third-order valence-corrected chi connectivity index (χ3v) is 5.44. The third kappa shape index (κ3) is 5.54. The predicted molar refractivity (Wildman–Crippen MR) is 109 cm³/mol. The molecule has 1 unspecified atom stereocenters. The lowest BCUT2D eigenvalue weighted by atomic mass is 10.0. The van der Waals surface area contributed by atoms with Crippen LogP contribution in [0.1, 0.15) is 67.5 Å². The van der Waals surface area contributed by atoms with Crippen molar-refractivity contribution in [1.29, 1.82) is 0 Å². The summed E-state index contributed by atoms with van der Waals surface area (Å²) in [5.74, 6) is -2.22. The number of hydrogen-bond donors (Lipinski definition) is 2. The van der Waals surface area contributed by atoms with Crippen molar-refractivity contribution in [1.82, 2.24) is 15.1 Å². The summed E-state index contributed by atoms with van der Waals surface area (Å²) in [6.07, 6.45) is -1.94. The van der Waals surface area contributed by atoms with Crippen LogP contribution in [0.5, 0.6) is 0 Å². The largest absolute Gasteiger partial charge is 0.481 e. The zero-order chi connectivity index (χ0) is 23.5. The van der Waals surface area contributed by atoms with Gasteiger partial charge in [-0.2, -0.15) is 18.3 Å². The summed E-state index contributed by atoms with van der Waals surface area (Å²) in [5, 5.41) is 15.8. The number of carboxylic acid groups (broad SMARTS) is 1. The van der Waals surface area contributed by atoms with E-state index in [9.17, 15) is 27.6 Å². The quantitative estimate of drug-likeness (QED) is 0.625. The van der Waals surface area contributed by atoms with Crippen LogP contribution in [-0.2, 0) is 15.8 Å². The summed E-state index contributed by atoms with van der Waals surface area (Å²) in [4.78, 5) is 35.3. The highest BCUT2D eigenvalue weighted by Crippen LogP contribution is 2.40. The Balaban J connectivity index is 2.00. The fourth-order valence-electron chi connectivity index (χ4n) is 4.08. The smallest absolute Gasteiger partial charge is 0.417 e. The van der Waals surface area contributed by atoms with Crippen molar-refractivity contribution < 1.29 is 32.7 Å². The number of amides is 1. The number of nitrogens with zero attached hydrogens (tertiary/aromatic N) is 2. The van der Waals surface area contributed by atoms with E-state index >= 15 is 0 Å². The molecule has 1 fully saturated rings. The maximum absolute atomic E-state index is 13.6. The summed E-state index contributed by atoms with van der Waals surface area (Å²) in [6, 6.07) is 5.33. The van der Waals surface area contributed by atoms with E-state index < -0.39 is 36.1 Å². The molecule has 0 bridgehead atoms. The van der Waals surface area contributed by atoms with E-state index in [1.807, 2.05) is 0 Å². The van der Waals surface area contributed by atoms with Gasteiger partial charge in [-0.25, -0.2) is 0 Å². The van der Waals surface area contributed by atoms with Gasteiger partial charge in [0.2, 0.25) is 0 Å². The summed E-state index contributed by atoms with van der Waals surface area (Å²) < 4.78 is 42.4. The molecule has 1 atom stereocenters. The number of aromatic nitrogens is 2. The molecule has 0 radical (unpaired) electrons. The Bertz CT molecular complexity index is 994. The van der Waals surface area contributed by atoms with Crippen LogP contribution < -0.4 is 5.32 Å². The van der Waals surface area contributed by atoms with Crippen molar-refractivity contribution in [3.05, 3.63) is 41.6 Å². The molecule has 32 heavy (non-hydrogen) atoms. The number of Topliss-reactive ketones (excluding diaryl/α,β-unsaturated/α-hetero) is 1. The van der Waals surface area contributed by atoms with Crippen LogP contribution in [0.15, 0.2) is 30.3 Å². The molecule has 1 aliphatic rings. The summed E-state index contributed by atoms with van der Waals surface area (Å²) in [6.45, 7) is 1.28. The molecular formula is C22H24F3N3O4. The third-order valence-electron chi connectivity index (χ3n) is 5.44. The maximum atomic E-state index is 13.6. The van der Waals surface area contributed by atoms with Crippen LogP contribution in [0.4, 0.5) is 13.2 Å². The van der Waals surface area contributed by atoms with Crippen LogP contribution in [0.3, 0.4) is 0 Å². The van der Waals surface area contributed by atoms with Gasteiger partial charge in [-0.05, 0) is 31.9 Å². The van der Waals surface area contributed by atoms with E-state index in [0.29, 0.717) is 0 Å². The van der Waals surface area contributed by atoms with E-state index in [1.165, 1.54) is 35.9 Å². The number of aliphatic carboxylic acids is 1. The molecule has 10 heteroatoms. The van der Waals surface area contributed by atoms with Crippen molar-refractivity contribution in [2.75, 3.05) is 0 Å². The second-order valence-electron chi connectivity index (χ2n) is 8.02. The lowest BCUT2D eigenvalue weighted by Gasteiger charge is -2.17. The minimum absolute atomic E-state index is 0.0794. The van der Waals surface area contributed by atoms with Crippen molar-refractivity contribution in [3.63, 3.8) is 0 Å². The molecule has 1 aromatic carbocycles. The summed E-state index contributed by atoms with van der Waals surface area (Å²) in [7, 11) is 0. The molecule has 2 aromatic rings. The Morgan fingerprint density at radius 3 is 2.44 bits per heavy atom. The molecule has 0 saturated heterocycles. The number of carbonyl (C=O) groups is 3. The highest BCUT2D eigenvalue weighted by atomic mass is 19.4. The predicted octanol–water partition coefficient (Wildman–Crippen LogP) is 4.24. The zero-order valence-electron chi connectivity index (χ0n) is 17.5. The monoisotopic (exact) mass is 451 g/mol. The van der Waals surface area contributed by atoms with Crippen LogP contribution in [0.25, 0.3) is 11.3 Å². The average molecular weight is 451 g/mol. The molecule has 1 aliphatic carbocycles. The van der Waals surface area contributed by atoms with E-state index in [2.05, 4.69) is 10.4 Å². The lowest BCUT2D eigenvalue weighted by molar-refractivity contribution is -0.138. The van der Waals surface area contributed by atoms with Gasteiger partial charge in [0, 0.05) is 18.0 Å². The Morgan fingerprint density at radius 2 is 1.84 bits per heavy atom. The summed E-state index contributed by atoms with van der Waals surface area (Å²) in [5.41, 5.74) is -0.852. The molecular weight excluding hydrogens is 427 g/mol. The number of hydrogen-bond acceptors (Lipinski definition) is 4. The van der Waals surface area contributed by atoms with Gasteiger partial charge in [0.15, 0.2) is 5.69 Å². The number of rotatable bonds is 8. The SMILES string of the molecule is CC(=O)CC(CC(=O)O)NC(=O)c1cc(-c2ccccc2C(F)(F)F)n(C2CCCC2)n1. The summed E-state index contributed by atoms with van der Waals surface area (Å²) >= 11 is 0. The Labute approximate surface area is 182 Å². The zero-order valence-corrected chi connectivity index (χ0v) is 17.5. The minimum Gasteiger partial charge on any atom is -0.481 e. The first-order valence-corrected chi connectivity index (χ1v) is 10.3. The number of carbonyl (C=O) groups excluding carboxylic acids is 2. The highest BCUT2D eigenvalue weighted by molar-refractivity contribution is 5.94. The van der Waals surface area contributed by atoms with Gasteiger partial charge in [0.05, 0.1) is 23.7 Å². The van der Waals surface area contributed by atoms with E-state index in [-0.39, 0.29) is 35.2 Å². The van der Waals surface area contributed by atoms with Crippen LogP contribution in [0.2, 0.25) is 0 Å². The van der Waals surface area contributed by atoms with Gasteiger partial charge in [-0.1, -0.05) is 31.0 Å². The second-order valence-corrected chi connectivity index (χ2v) is 8.02. The average Bonchev–Trinajstić information content (AvgIpc) is 3.36. The van der Waals surface area contributed by atoms with Crippen molar-refractivity contribution in [2.45, 2.75) is 63.7 Å². The number of nitrogens with one attached hydrogen (secondary N) is 1. The van der Waals surface area contributed by atoms with Crippen molar-refractivity contribution >= 4 is 17.7 Å². The molecule has 0 aliphatic heterocycles. The molecule has 1 aromatic heterocycles. The lowest BCUT2D eigenvalue weighted by Crippen LogP contribution is -2.38. The fraction of sp³-hybridized carbons (Fsp3) is 0.455. The normalized spacial score (nSPS) is 15.5. The van der Waals surface area contributed by atoms with Gasteiger partial charge in [-0.15, -0.1) is 0 Å².